The monoisotopic (exact) mass is 351 g/mol. The maximum atomic E-state index is 12.5. The van der Waals surface area contributed by atoms with Crippen LogP contribution in [0, 0.1) is 6.92 Å². The van der Waals surface area contributed by atoms with E-state index < -0.39 is 5.60 Å². The number of carbonyl (C=O) groups excluding carboxylic acids is 1. The first kappa shape index (κ1) is 17.7. The van der Waals surface area contributed by atoms with Crippen molar-refractivity contribution in [3.63, 3.8) is 0 Å². The van der Waals surface area contributed by atoms with Crippen LogP contribution in [0.15, 0.2) is 6.20 Å². The van der Waals surface area contributed by atoms with Crippen LogP contribution in [0.2, 0.25) is 0 Å². The van der Waals surface area contributed by atoms with Gasteiger partial charge < -0.3 is 15.0 Å². The quantitative estimate of drug-likeness (QED) is 0.893. The molecular weight excluding hydrogens is 322 g/mol. The second kappa shape index (κ2) is 6.64. The van der Waals surface area contributed by atoms with Gasteiger partial charge in [-0.25, -0.2) is 9.78 Å². The highest BCUT2D eigenvalue weighted by Gasteiger charge is 2.45. The summed E-state index contributed by atoms with van der Waals surface area (Å²) >= 11 is 1.76. The number of piperidine rings is 1. The van der Waals surface area contributed by atoms with Gasteiger partial charge in [0, 0.05) is 29.2 Å². The zero-order chi connectivity index (χ0) is 17.5. The van der Waals surface area contributed by atoms with E-state index in [4.69, 9.17) is 4.74 Å². The second-order valence-electron chi connectivity index (χ2n) is 8.14. The lowest BCUT2D eigenvalue weighted by molar-refractivity contribution is 0.00435. The molecule has 134 valence electrons. The second-order valence-corrected chi connectivity index (χ2v) is 9.40. The summed E-state index contributed by atoms with van der Waals surface area (Å²) in [6, 6.07) is 1.32. The number of amides is 1. The fourth-order valence-electron chi connectivity index (χ4n) is 3.92. The van der Waals surface area contributed by atoms with E-state index in [0.29, 0.717) is 18.1 Å². The van der Waals surface area contributed by atoms with E-state index in [1.165, 1.54) is 4.88 Å². The van der Waals surface area contributed by atoms with Gasteiger partial charge in [-0.05, 0) is 60.3 Å². The Morgan fingerprint density at radius 1 is 1.38 bits per heavy atom. The van der Waals surface area contributed by atoms with E-state index in [0.717, 1.165) is 30.7 Å². The van der Waals surface area contributed by atoms with Gasteiger partial charge in [0.2, 0.25) is 0 Å². The van der Waals surface area contributed by atoms with Crippen molar-refractivity contribution in [2.24, 2.45) is 0 Å². The third-order valence-electron chi connectivity index (χ3n) is 4.83. The lowest BCUT2D eigenvalue weighted by Gasteiger charge is -2.40. The summed E-state index contributed by atoms with van der Waals surface area (Å²) in [7, 11) is 0. The van der Waals surface area contributed by atoms with Crippen LogP contribution in [0.5, 0.6) is 0 Å². The molecule has 2 aliphatic heterocycles. The molecule has 0 aromatic carbocycles. The minimum atomic E-state index is -0.428. The Labute approximate surface area is 148 Å². The Balaban J connectivity index is 1.60. The van der Waals surface area contributed by atoms with Crippen molar-refractivity contribution in [3.8, 4) is 0 Å². The molecule has 0 aliphatic carbocycles. The molecule has 2 fully saturated rings. The van der Waals surface area contributed by atoms with E-state index in [2.05, 4.69) is 24.1 Å². The Morgan fingerprint density at radius 2 is 2.00 bits per heavy atom. The molecule has 1 aromatic heterocycles. The molecule has 0 spiro atoms. The summed E-state index contributed by atoms with van der Waals surface area (Å²) < 4.78 is 5.60. The summed E-state index contributed by atoms with van der Waals surface area (Å²) in [4.78, 5) is 20.2. The van der Waals surface area contributed by atoms with Crippen LogP contribution in [0.3, 0.4) is 0 Å². The van der Waals surface area contributed by atoms with Crippen LogP contribution < -0.4 is 5.32 Å². The molecule has 2 saturated heterocycles. The summed E-state index contributed by atoms with van der Waals surface area (Å²) in [6.45, 7) is 10.1. The molecule has 3 unspecified atom stereocenters. The van der Waals surface area contributed by atoms with Crippen LogP contribution in [0.25, 0.3) is 0 Å². The van der Waals surface area contributed by atoms with Crippen LogP contribution in [-0.2, 0) is 4.74 Å². The molecule has 3 atom stereocenters. The number of nitrogens with one attached hydrogen (secondary N) is 1. The first-order chi connectivity index (χ1) is 11.2. The van der Waals surface area contributed by atoms with Gasteiger partial charge in [-0.3, -0.25) is 0 Å². The number of hydrogen-bond acceptors (Lipinski definition) is 5. The molecule has 2 aliphatic rings. The Kier molecular flexibility index (Phi) is 4.89. The van der Waals surface area contributed by atoms with Gasteiger partial charge in [0.1, 0.15) is 10.6 Å². The normalized spacial score (nSPS) is 28.0. The Hall–Kier alpha value is -1.14. The van der Waals surface area contributed by atoms with E-state index >= 15 is 0 Å². The number of carbonyl (C=O) groups is 1. The molecule has 1 aromatic rings. The average Bonchev–Trinajstić information content (AvgIpc) is 2.99. The highest BCUT2D eigenvalue weighted by molar-refractivity contribution is 7.11. The Morgan fingerprint density at radius 3 is 2.50 bits per heavy atom. The Bertz CT molecular complexity index is 581. The van der Waals surface area contributed by atoms with E-state index in [-0.39, 0.29) is 12.1 Å². The standard InChI is InChI=1S/C18H29N3O2S/c1-11-10-19-16(24-11)12(2)20-13-8-14-6-7-15(9-13)21(14)17(22)23-18(3,4)5/h10,12-15,20H,6-9H2,1-5H3. The van der Waals surface area contributed by atoms with Crippen LogP contribution in [-0.4, -0.2) is 39.7 Å². The molecule has 3 heterocycles. The van der Waals surface area contributed by atoms with Crippen molar-refractivity contribution in [2.45, 2.75) is 90.1 Å². The largest absolute Gasteiger partial charge is 0.444 e. The molecule has 5 nitrogen and oxygen atoms in total. The summed E-state index contributed by atoms with van der Waals surface area (Å²) in [5, 5.41) is 4.87. The zero-order valence-corrected chi connectivity index (χ0v) is 16.2. The third kappa shape index (κ3) is 3.91. The number of nitrogens with zero attached hydrogens (tertiary/aromatic N) is 2. The lowest BCUT2D eigenvalue weighted by atomic mass is 9.97. The van der Waals surface area contributed by atoms with Gasteiger partial charge >= 0.3 is 6.09 Å². The predicted molar refractivity (Wildman–Crippen MR) is 96.3 cm³/mol. The number of aryl methyl sites for hydroxylation is 1. The lowest BCUT2D eigenvalue weighted by Crippen LogP contribution is -2.52. The average molecular weight is 352 g/mol. The molecule has 24 heavy (non-hydrogen) atoms. The minimum absolute atomic E-state index is 0.142. The first-order valence-electron chi connectivity index (χ1n) is 8.92. The molecule has 3 rings (SSSR count). The third-order valence-corrected chi connectivity index (χ3v) is 5.93. The molecule has 2 bridgehead atoms. The fourth-order valence-corrected chi connectivity index (χ4v) is 4.71. The topological polar surface area (TPSA) is 54.5 Å². The number of fused-ring (bicyclic) bond motifs is 2. The fraction of sp³-hybridized carbons (Fsp3) is 0.778. The van der Waals surface area contributed by atoms with Crippen LogP contribution >= 0.6 is 11.3 Å². The SMILES string of the molecule is Cc1cnc(C(C)NC2CC3CCC(C2)N3C(=O)OC(C)(C)C)s1. The van der Waals surface area contributed by atoms with Crippen LogP contribution in [0.1, 0.15) is 69.3 Å². The smallest absolute Gasteiger partial charge is 0.410 e. The van der Waals surface area contributed by atoms with E-state index in [9.17, 15) is 4.79 Å². The molecule has 0 saturated carbocycles. The number of hydrogen-bond donors (Lipinski definition) is 1. The predicted octanol–water partition coefficient (Wildman–Crippen LogP) is 4.03. The molecule has 0 radical (unpaired) electrons. The maximum Gasteiger partial charge on any atom is 0.410 e. The number of thiazole rings is 1. The van der Waals surface area contributed by atoms with Gasteiger partial charge in [0.05, 0.1) is 6.04 Å². The van der Waals surface area contributed by atoms with Crippen molar-refractivity contribution in [3.05, 3.63) is 16.1 Å². The van der Waals surface area contributed by atoms with Gasteiger partial charge in [0.25, 0.3) is 0 Å². The number of ether oxygens (including phenoxy) is 1. The van der Waals surface area contributed by atoms with Crippen LogP contribution in [0.4, 0.5) is 4.79 Å². The van der Waals surface area contributed by atoms with Gasteiger partial charge in [-0.1, -0.05) is 0 Å². The number of rotatable bonds is 3. The van der Waals surface area contributed by atoms with Crippen molar-refractivity contribution in [1.29, 1.82) is 0 Å². The maximum absolute atomic E-state index is 12.5. The first-order valence-corrected chi connectivity index (χ1v) is 9.74. The van der Waals surface area contributed by atoms with Gasteiger partial charge in [0.15, 0.2) is 0 Å². The molecule has 6 heteroatoms. The van der Waals surface area contributed by atoms with Gasteiger partial charge in [-0.2, -0.15) is 0 Å². The summed E-state index contributed by atoms with van der Waals surface area (Å²) in [6.07, 6.45) is 5.98. The summed E-state index contributed by atoms with van der Waals surface area (Å²) in [5.74, 6) is 0. The molecule has 1 amide bonds. The number of aromatic nitrogens is 1. The molecular formula is C18H29N3O2S. The molecule has 1 N–H and O–H groups in total. The summed E-state index contributed by atoms with van der Waals surface area (Å²) in [5.41, 5.74) is -0.428. The van der Waals surface area contributed by atoms with E-state index in [1.54, 1.807) is 11.3 Å². The minimum Gasteiger partial charge on any atom is -0.444 e. The van der Waals surface area contributed by atoms with Gasteiger partial charge in [-0.15, -0.1) is 11.3 Å². The van der Waals surface area contributed by atoms with Crippen molar-refractivity contribution in [1.82, 2.24) is 15.2 Å². The van der Waals surface area contributed by atoms with Crippen molar-refractivity contribution >= 4 is 17.4 Å². The van der Waals surface area contributed by atoms with E-state index in [1.807, 2.05) is 31.9 Å². The zero-order valence-electron chi connectivity index (χ0n) is 15.3. The highest BCUT2D eigenvalue weighted by atomic mass is 32.1. The highest BCUT2D eigenvalue weighted by Crippen LogP contribution is 2.37. The van der Waals surface area contributed by atoms with Crippen molar-refractivity contribution < 1.29 is 9.53 Å². The van der Waals surface area contributed by atoms with Crippen molar-refractivity contribution in [2.75, 3.05) is 0 Å².